The number of rotatable bonds is 3. The van der Waals surface area contributed by atoms with Crippen molar-refractivity contribution in [3.8, 4) is 0 Å². The maximum absolute atomic E-state index is 12.6. The minimum atomic E-state index is -0.401. The second kappa shape index (κ2) is 6.79. The lowest BCUT2D eigenvalue weighted by Crippen LogP contribution is -2.37. The van der Waals surface area contributed by atoms with E-state index < -0.39 is 11.8 Å². The van der Waals surface area contributed by atoms with Gasteiger partial charge < -0.3 is 5.32 Å². The van der Waals surface area contributed by atoms with Gasteiger partial charge in [-0.2, -0.15) is 0 Å². The molecule has 2 aromatic carbocycles. The van der Waals surface area contributed by atoms with E-state index in [0.29, 0.717) is 22.5 Å². The molecule has 3 amide bonds. The second-order valence-corrected chi connectivity index (χ2v) is 7.19. The maximum Gasteiger partial charge on any atom is 0.266 e. The number of anilines is 2. The van der Waals surface area contributed by atoms with Gasteiger partial charge in [0, 0.05) is 5.69 Å². The van der Waals surface area contributed by atoms with Gasteiger partial charge >= 0.3 is 0 Å². The van der Waals surface area contributed by atoms with Crippen LogP contribution in [0.1, 0.15) is 33.6 Å². The fourth-order valence-electron chi connectivity index (χ4n) is 3.64. The van der Waals surface area contributed by atoms with E-state index in [1.807, 2.05) is 11.9 Å². The van der Waals surface area contributed by atoms with Crippen molar-refractivity contribution in [2.45, 2.75) is 18.9 Å². The molecule has 0 bridgehead atoms. The lowest BCUT2D eigenvalue weighted by atomic mass is 10.1. The van der Waals surface area contributed by atoms with Crippen LogP contribution in [-0.4, -0.2) is 42.3 Å². The highest BCUT2D eigenvalue weighted by Crippen LogP contribution is 2.35. The second-order valence-electron chi connectivity index (χ2n) is 6.79. The quantitative estimate of drug-likeness (QED) is 0.826. The lowest BCUT2D eigenvalue weighted by molar-refractivity contribution is -0.119. The molecular formula is C20H18ClN3O3. The Balaban J connectivity index is 1.57. The number of hydrogen-bond donors (Lipinski definition) is 1. The van der Waals surface area contributed by atoms with E-state index in [-0.39, 0.29) is 17.0 Å². The van der Waals surface area contributed by atoms with Gasteiger partial charge in [-0.25, -0.2) is 4.90 Å². The van der Waals surface area contributed by atoms with Gasteiger partial charge in [0.25, 0.3) is 11.8 Å². The molecule has 2 heterocycles. The molecule has 7 heteroatoms. The third-order valence-electron chi connectivity index (χ3n) is 5.07. The zero-order valence-corrected chi connectivity index (χ0v) is 15.5. The summed E-state index contributed by atoms with van der Waals surface area (Å²) in [5, 5.41) is 3.08. The number of likely N-dealkylation sites (tertiary alicyclic amines) is 1. The first-order valence-electron chi connectivity index (χ1n) is 8.76. The SMILES string of the molecule is CN1CCC[C@H]1C(=O)Nc1ccc(N2C(=O)c3ccccc3C2=O)c(Cl)c1. The third-order valence-corrected chi connectivity index (χ3v) is 5.38. The average molecular weight is 384 g/mol. The summed E-state index contributed by atoms with van der Waals surface area (Å²) in [4.78, 5) is 40.7. The van der Waals surface area contributed by atoms with Crippen LogP contribution < -0.4 is 10.2 Å². The van der Waals surface area contributed by atoms with E-state index in [0.717, 1.165) is 24.3 Å². The minimum Gasteiger partial charge on any atom is -0.325 e. The zero-order chi connectivity index (χ0) is 19.1. The van der Waals surface area contributed by atoms with Crippen molar-refractivity contribution in [2.75, 3.05) is 23.8 Å². The molecular weight excluding hydrogens is 366 g/mol. The summed E-state index contributed by atoms with van der Waals surface area (Å²) >= 11 is 6.35. The summed E-state index contributed by atoms with van der Waals surface area (Å²) in [6.07, 6.45) is 1.82. The molecule has 1 atom stereocenters. The molecule has 2 aliphatic heterocycles. The Hall–Kier alpha value is -2.70. The monoisotopic (exact) mass is 383 g/mol. The molecule has 27 heavy (non-hydrogen) atoms. The molecule has 0 aromatic heterocycles. The number of fused-ring (bicyclic) bond motifs is 1. The Bertz CT molecular complexity index is 924. The summed E-state index contributed by atoms with van der Waals surface area (Å²) in [7, 11) is 1.93. The topological polar surface area (TPSA) is 69.7 Å². The van der Waals surface area contributed by atoms with Crippen LogP contribution in [0.4, 0.5) is 11.4 Å². The highest BCUT2D eigenvalue weighted by atomic mass is 35.5. The first-order chi connectivity index (χ1) is 13.0. The van der Waals surface area contributed by atoms with Crippen LogP contribution in [0.5, 0.6) is 0 Å². The van der Waals surface area contributed by atoms with Crippen LogP contribution in [0.25, 0.3) is 0 Å². The Kier molecular flexibility index (Phi) is 4.45. The molecule has 2 aromatic rings. The predicted molar refractivity (Wildman–Crippen MR) is 103 cm³/mol. The van der Waals surface area contributed by atoms with Crippen LogP contribution in [-0.2, 0) is 4.79 Å². The number of nitrogens with one attached hydrogen (secondary N) is 1. The van der Waals surface area contributed by atoms with Gasteiger partial charge in [0.2, 0.25) is 5.91 Å². The van der Waals surface area contributed by atoms with E-state index in [4.69, 9.17) is 11.6 Å². The number of halogens is 1. The van der Waals surface area contributed by atoms with Crippen molar-refractivity contribution >= 4 is 40.7 Å². The number of benzene rings is 2. The summed E-state index contributed by atoms with van der Waals surface area (Å²) < 4.78 is 0. The highest BCUT2D eigenvalue weighted by molar-refractivity contribution is 6.40. The molecule has 6 nitrogen and oxygen atoms in total. The molecule has 0 saturated carbocycles. The molecule has 0 spiro atoms. The third kappa shape index (κ3) is 3.01. The number of nitrogens with zero attached hydrogens (tertiary/aromatic N) is 2. The fraction of sp³-hybridized carbons (Fsp3) is 0.250. The molecule has 1 saturated heterocycles. The normalized spacial score (nSPS) is 19.5. The number of hydrogen-bond acceptors (Lipinski definition) is 4. The fourth-order valence-corrected chi connectivity index (χ4v) is 3.91. The zero-order valence-electron chi connectivity index (χ0n) is 14.7. The number of amides is 3. The Labute approximate surface area is 161 Å². The van der Waals surface area contributed by atoms with Crippen molar-refractivity contribution in [1.29, 1.82) is 0 Å². The molecule has 2 aliphatic rings. The van der Waals surface area contributed by atoms with Crippen molar-refractivity contribution in [2.24, 2.45) is 0 Å². The first-order valence-corrected chi connectivity index (χ1v) is 9.13. The van der Waals surface area contributed by atoms with Gasteiger partial charge in [0.1, 0.15) is 0 Å². The van der Waals surface area contributed by atoms with Gasteiger partial charge in [-0.05, 0) is 56.8 Å². The Morgan fingerprint density at radius 2 is 1.78 bits per heavy atom. The summed E-state index contributed by atoms with van der Waals surface area (Å²) in [6, 6.07) is 11.3. The molecule has 1 fully saturated rings. The average Bonchev–Trinajstić information content (AvgIpc) is 3.18. The van der Waals surface area contributed by atoms with Crippen LogP contribution in [0, 0.1) is 0 Å². The van der Waals surface area contributed by atoms with Crippen molar-refractivity contribution < 1.29 is 14.4 Å². The van der Waals surface area contributed by atoms with Crippen LogP contribution in [0.15, 0.2) is 42.5 Å². The molecule has 138 valence electrons. The maximum atomic E-state index is 12.6. The van der Waals surface area contributed by atoms with E-state index >= 15 is 0 Å². The molecule has 0 unspecified atom stereocenters. The number of imide groups is 1. The summed E-state index contributed by atoms with van der Waals surface area (Å²) in [5.74, 6) is -0.886. The van der Waals surface area contributed by atoms with Crippen LogP contribution in [0.3, 0.4) is 0 Å². The van der Waals surface area contributed by atoms with Crippen molar-refractivity contribution in [1.82, 2.24) is 4.90 Å². The Morgan fingerprint density at radius 1 is 1.11 bits per heavy atom. The van der Waals surface area contributed by atoms with Crippen molar-refractivity contribution in [3.05, 3.63) is 58.6 Å². The van der Waals surface area contributed by atoms with Gasteiger partial charge in [-0.15, -0.1) is 0 Å². The van der Waals surface area contributed by atoms with E-state index in [1.54, 1.807) is 42.5 Å². The smallest absolute Gasteiger partial charge is 0.266 e. The number of carbonyl (C=O) groups is 3. The number of likely N-dealkylation sites (N-methyl/N-ethyl adjacent to an activating group) is 1. The number of carbonyl (C=O) groups excluding carboxylic acids is 3. The molecule has 0 radical (unpaired) electrons. The standard InChI is InChI=1S/C20H18ClN3O3/c1-23-10-4-7-17(23)18(25)22-12-8-9-16(15(21)11-12)24-19(26)13-5-2-3-6-14(13)20(24)27/h2-3,5-6,8-9,11,17H,4,7,10H2,1H3,(H,22,25)/t17-/m0/s1. The lowest BCUT2D eigenvalue weighted by Gasteiger charge is -2.20. The van der Waals surface area contributed by atoms with Crippen molar-refractivity contribution in [3.63, 3.8) is 0 Å². The largest absolute Gasteiger partial charge is 0.325 e. The minimum absolute atomic E-state index is 0.0838. The van der Waals surface area contributed by atoms with Crippen LogP contribution in [0.2, 0.25) is 5.02 Å². The predicted octanol–water partition coefficient (Wildman–Crippen LogP) is 3.17. The molecule has 4 rings (SSSR count). The van der Waals surface area contributed by atoms with E-state index in [9.17, 15) is 14.4 Å². The Morgan fingerprint density at radius 3 is 2.33 bits per heavy atom. The van der Waals surface area contributed by atoms with Gasteiger partial charge in [0.15, 0.2) is 0 Å². The van der Waals surface area contributed by atoms with Crippen LogP contribution >= 0.6 is 11.6 Å². The molecule has 1 N–H and O–H groups in total. The van der Waals surface area contributed by atoms with E-state index in [1.165, 1.54) is 0 Å². The van der Waals surface area contributed by atoms with Gasteiger partial charge in [0.05, 0.1) is 27.9 Å². The molecule has 0 aliphatic carbocycles. The van der Waals surface area contributed by atoms with Gasteiger partial charge in [-0.1, -0.05) is 23.7 Å². The summed E-state index contributed by atoms with van der Waals surface area (Å²) in [5.41, 5.74) is 1.56. The summed E-state index contributed by atoms with van der Waals surface area (Å²) in [6.45, 7) is 0.900. The highest BCUT2D eigenvalue weighted by Gasteiger charge is 2.37. The van der Waals surface area contributed by atoms with Gasteiger partial charge in [-0.3, -0.25) is 19.3 Å². The van der Waals surface area contributed by atoms with E-state index in [2.05, 4.69) is 5.32 Å². The first kappa shape index (κ1) is 17.7.